The third-order valence-corrected chi connectivity index (χ3v) is 1.14. The first-order valence-electron chi connectivity index (χ1n) is 3.24. The van der Waals surface area contributed by atoms with E-state index < -0.39 is 0 Å². The molecule has 0 aliphatic carbocycles. The van der Waals surface area contributed by atoms with Crippen LogP contribution in [0.15, 0.2) is 0 Å². The highest BCUT2D eigenvalue weighted by Gasteiger charge is 2.15. The maximum atomic E-state index is 6.91. The number of rotatable bonds is 0. The highest BCUT2D eigenvalue weighted by Crippen LogP contribution is 2.15. The Labute approximate surface area is 46.9 Å². The van der Waals surface area contributed by atoms with Crippen LogP contribution in [0.3, 0.4) is 0 Å². The molecule has 0 aromatic carbocycles. The van der Waals surface area contributed by atoms with E-state index in [1.54, 1.807) is 0 Å². The maximum absolute atomic E-state index is 6.91. The first kappa shape index (κ1) is 3.96. The smallest absolute Gasteiger partial charge is 0.108 e. The molecule has 38 valence electrons. The summed E-state index contributed by atoms with van der Waals surface area (Å²) in [5.74, 6) is 0. The predicted octanol–water partition coefficient (Wildman–Crippen LogP) is 0.680. The summed E-state index contributed by atoms with van der Waals surface area (Å²) < 4.78 is 12.0. The molecule has 1 nitrogen and oxygen atoms in total. The first-order chi connectivity index (χ1) is 3.83. The summed E-state index contributed by atoms with van der Waals surface area (Å²) in [5, 5.41) is 0. The van der Waals surface area contributed by atoms with Gasteiger partial charge in [0.2, 0.25) is 0 Å². The minimum Gasteiger partial charge on any atom is -0.385 e. The largest absolute Gasteiger partial charge is 0.385 e. The summed E-state index contributed by atoms with van der Waals surface area (Å²) in [7, 11) is 5.40. The van der Waals surface area contributed by atoms with E-state index in [1.807, 2.05) is 0 Å². The lowest BCUT2D eigenvalue weighted by Gasteiger charge is -2.01. The molecule has 1 heterocycles. The first-order valence-corrected chi connectivity index (χ1v) is 2.53. The van der Waals surface area contributed by atoms with Gasteiger partial charge in [-0.15, -0.1) is 0 Å². The maximum Gasteiger partial charge on any atom is 0.108 e. The van der Waals surface area contributed by atoms with Gasteiger partial charge in [0.1, 0.15) is 7.85 Å². The van der Waals surface area contributed by atoms with Crippen LogP contribution in [-0.2, 0) is 4.74 Å². The van der Waals surface area contributed by atoms with Crippen LogP contribution < -0.4 is 0 Å². The molecule has 0 N–H and O–H groups in total. The molecule has 7 heavy (non-hydrogen) atoms. The van der Waals surface area contributed by atoms with Gasteiger partial charge in [0.05, 0.1) is 6.10 Å². The summed E-state index contributed by atoms with van der Waals surface area (Å²) in [6.45, 7) is 0.355. The fraction of sp³-hybridized carbons (Fsp3) is 1.00. The summed E-state index contributed by atoms with van der Waals surface area (Å²) >= 11 is 0. The standard InChI is InChI=1S/C5H9BO/c1-4-2-3-5(6)7-4/h4-5H,2-3H2,1H3/i1D. The normalized spacial score (nSPS) is 43.7. The molecule has 1 fully saturated rings. The SMILES string of the molecule is [2H]CC1CCC([B])O1. The second kappa shape index (κ2) is 1.87. The lowest BCUT2D eigenvalue weighted by atomic mass is 9.97. The molecular weight excluding hydrogens is 86.9 g/mol. The zero-order valence-electron chi connectivity index (χ0n) is 5.26. The van der Waals surface area contributed by atoms with Crippen LogP contribution >= 0.6 is 0 Å². The van der Waals surface area contributed by atoms with Gasteiger partial charge in [0, 0.05) is 7.37 Å². The van der Waals surface area contributed by atoms with Crippen LogP contribution in [-0.4, -0.2) is 20.0 Å². The number of hydrogen-bond donors (Lipinski definition) is 0. The average Bonchev–Trinajstić information content (AvgIpc) is 2.14. The highest BCUT2D eigenvalue weighted by atomic mass is 16.5. The Balaban J connectivity index is 2.22. The zero-order valence-corrected chi connectivity index (χ0v) is 4.26. The molecule has 0 spiro atoms. The van der Waals surface area contributed by atoms with Crippen molar-refractivity contribution in [3.05, 3.63) is 0 Å². The van der Waals surface area contributed by atoms with Crippen LogP contribution in [0.4, 0.5) is 0 Å². The van der Waals surface area contributed by atoms with E-state index in [9.17, 15) is 0 Å². The van der Waals surface area contributed by atoms with Crippen molar-refractivity contribution in [2.24, 2.45) is 0 Å². The molecule has 1 aliphatic heterocycles. The lowest BCUT2D eigenvalue weighted by Crippen LogP contribution is -2.06. The third kappa shape index (κ3) is 1.20. The molecule has 0 aromatic heterocycles. The Hall–Kier alpha value is 0.0249. The summed E-state index contributed by atoms with van der Waals surface area (Å²) in [4.78, 5) is 0. The molecule has 0 saturated carbocycles. The lowest BCUT2D eigenvalue weighted by molar-refractivity contribution is 0.101. The van der Waals surface area contributed by atoms with Gasteiger partial charge < -0.3 is 4.74 Å². The highest BCUT2D eigenvalue weighted by molar-refractivity contribution is 6.11. The molecule has 0 bridgehead atoms. The van der Waals surface area contributed by atoms with Crippen LogP contribution in [0.2, 0.25) is 0 Å². The van der Waals surface area contributed by atoms with Crippen LogP contribution in [0.5, 0.6) is 0 Å². The van der Waals surface area contributed by atoms with Crippen molar-refractivity contribution in [3.63, 3.8) is 0 Å². The fourth-order valence-electron chi connectivity index (χ4n) is 0.733. The van der Waals surface area contributed by atoms with E-state index >= 15 is 0 Å². The number of ether oxygens (including phenoxy) is 1. The molecule has 1 saturated heterocycles. The van der Waals surface area contributed by atoms with Gasteiger partial charge >= 0.3 is 0 Å². The van der Waals surface area contributed by atoms with E-state index in [4.69, 9.17) is 14.0 Å². The second-order valence-electron chi connectivity index (χ2n) is 1.87. The summed E-state index contributed by atoms with van der Waals surface area (Å²) in [6.07, 6.45) is 2.00. The molecule has 2 atom stereocenters. The van der Waals surface area contributed by atoms with E-state index in [-0.39, 0.29) is 12.1 Å². The Morgan fingerprint density at radius 1 is 1.86 bits per heavy atom. The van der Waals surface area contributed by atoms with Gasteiger partial charge in [-0.05, 0) is 19.7 Å². The molecule has 2 radical (unpaired) electrons. The van der Waals surface area contributed by atoms with Crippen molar-refractivity contribution in [2.45, 2.75) is 31.8 Å². The molecule has 2 heteroatoms. The zero-order chi connectivity index (χ0) is 5.98. The van der Waals surface area contributed by atoms with Crippen molar-refractivity contribution >= 4 is 7.85 Å². The minimum atomic E-state index is -0.0923. The molecular formula is C5H9BO. The Bertz CT molecular complexity index is 78.8. The second-order valence-corrected chi connectivity index (χ2v) is 1.87. The molecule has 1 rings (SSSR count). The van der Waals surface area contributed by atoms with Crippen LogP contribution in [0, 0.1) is 0 Å². The number of hydrogen-bond acceptors (Lipinski definition) is 1. The Morgan fingerprint density at radius 2 is 2.71 bits per heavy atom. The van der Waals surface area contributed by atoms with Gasteiger partial charge in [-0.1, -0.05) is 0 Å². The van der Waals surface area contributed by atoms with E-state index in [0.29, 0.717) is 6.90 Å². The minimum absolute atomic E-state index is 0.0923. The molecule has 0 amide bonds. The van der Waals surface area contributed by atoms with Crippen LogP contribution in [0.1, 0.15) is 21.1 Å². The van der Waals surface area contributed by atoms with Crippen molar-refractivity contribution in [1.29, 1.82) is 0 Å². The van der Waals surface area contributed by atoms with Crippen molar-refractivity contribution in [3.8, 4) is 0 Å². The quantitative estimate of drug-likeness (QED) is 0.404. The van der Waals surface area contributed by atoms with Crippen LogP contribution in [0.25, 0.3) is 0 Å². The summed E-state index contributed by atoms with van der Waals surface area (Å²) in [6, 6.07) is -0.0923. The van der Waals surface area contributed by atoms with Gasteiger partial charge in [0.15, 0.2) is 0 Å². The monoisotopic (exact) mass is 97.1 g/mol. The van der Waals surface area contributed by atoms with Gasteiger partial charge in [0.25, 0.3) is 0 Å². The van der Waals surface area contributed by atoms with Crippen molar-refractivity contribution in [1.82, 2.24) is 0 Å². The van der Waals surface area contributed by atoms with Gasteiger partial charge in [-0.2, -0.15) is 0 Å². The van der Waals surface area contributed by atoms with Crippen molar-refractivity contribution < 1.29 is 6.11 Å². The molecule has 0 aromatic rings. The molecule has 1 aliphatic rings. The fourth-order valence-corrected chi connectivity index (χ4v) is 0.733. The predicted molar refractivity (Wildman–Crippen MR) is 29.3 cm³/mol. The topological polar surface area (TPSA) is 9.23 Å². The van der Waals surface area contributed by atoms with Crippen molar-refractivity contribution in [2.75, 3.05) is 0 Å². The average molecular weight is 96.9 g/mol. The van der Waals surface area contributed by atoms with E-state index in [0.717, 1.165) is 12.8 Å². The Morgan fingerprint density at radius 3 is 3.00 bits per heavy atom. The van der Waals surface area contributed by atoms with Gasteiger partial charge in [-0.3, -0.25) is 0 Å². The van der Waals surface area contributed by atoms with E-state index in [1.165, 1.54) is 0 Å². The third-order valence-electron chi connectivity index (χ3n) is 1.14. The van der Waals surface area contributed by atoms with E-state index in [2.05, 4.69) is 0 Å². The molecule has 2 unspecified atom stereocenters. The van der Waals surface area contributed by atoms with Gasteiger partial charge in [-0.25, -0.2) is 0 Å². The summed E-state index contributed by atoms with van der Waals surface area (Å²) in [5.41, 5.74) is 0. The Kier molecular flexibility index (Phi) is 1.06.